The van der Waals surface area contributed by atoms with Crippen molar-refractivity contribution in [3.05, 3.63) is 0 Å². The van der Waals surface area contributed by atoms with Gasteiger partial charge in [-0.15, -0.1) is 0 Å². The first-order valence-corrected chi connectivity index (χ1v) is 7.58. The topological polar surface area (TPSA) is 18.5 Å². The lowest BCUT2D eigenvalue weighted by molar-refractivity contribution is 0.137. The molecule has 3 aliphatic rings. The van der Waals surface area contributed by atoms with Gasteiger partial charge in [-0.05, 0) is 45.2 Å². The lowest BCUT2D eigenvalue weighted by atomic mass is 10.0. The zero-order valence-electron chi connectivity index (χ0n) is 11.2. The average Bonchev–Trinajstić information content (AvgIpc) is 3.08. The second-order valence-electron chi connectivity index (χ2n) is 6.06. The van der Waals surface area contributed by atoms with E-state index in [-0.39, 0.29) is 0 Å². The van der Waals surface area contributed by atoms with Gasteiger partial charge in [-0.3, -0.25) is 9.80 Å². The van der Waals surface area contributed by atoms with Crippen molar-refractivity contribution in [2.75, 3.05) is 32.7 Å². The molecule has 3 rings (SSSR count). The molecule has 2 aliphatic heterocycles. The van der Waals surface area contributed by atoms with Crippen LogP contribution >= 0.6 is 0 Å². The van der Waals surface area contributed by atoms with Gasteiger partial charge >= 0.3 is 0 Å². The molecule has 0 aromatic carbocycles. The SMILES string of the molecule is CCNC1CCCN(C2CCN(C3CC3)C2)C1. The minimum absolute atomic E-state index is 0.753. The molecule has 0 amide bonds. The largest absolute Gasteiger partial charge is 0.313 e. The Bertz CT molecular complexity index is 250. The highest BCUT2D eigenvalue weighted by Gasteiger charge is 2.37. The quantitative estimate of drug-likeness (QED) is 0.795. The number of hydrogen-bond donors (Lipinski definition) is 1. The van der Waals surface area contributed by atoms with Crippen molar-refractivity contribution >= 4 is 0 Å². The van der Waals surface area contributed by atoms with Crippen LogP contribution < -0.4 is 5.32 Å². The van der Waals surface area contributed by atoms with Gasteiger partial charge in [0.15, 0.2) is 0 Å². The molecular weight excluding hydrogens is 210 g/mol. The van der Waals surface area contributed by atoms with Gasteiger partial charge in [0.1, 0.15) is 0 Å². The van der Waals surface area contributed by atoms with Crippen LogP contribution in [0.1, 0.15) is 39.0 Å². The minimum Gasteiger partial charge on any atom is -0.313 e. The minimum atomic E-state index is 0.753. The molecule has 17 heavy (non-hydrogen) atoms. The van der Waals surface area contributed by atoms with Crippen LogP contribution in [0.15, 0.2) is 0 Å². The Morgan fingerprint density at radius 3 is 2.53 bits per heavy atom. The zero-order valence-corrected chi connectivity index (χ0v) is 11.2. The molecule has 2 atom stereocenters. The van der Waals surface area contributed by atoms with Gasteiger partial charge < -0.3 is 5.32 Å². The van der Waals surface area contributed by atoms with Gasteiger partial charge in [-0.2, -0.15) is 0 Å². The fraction of sp³-hybridized carbons (Fsp3) is 1.00. The van der Waals surface area contributed by atoms with Crippen molar-refractivity contribution in [2.45, 2.75) is 57.2 Å². The first-order chi connectivity index (χ1) is 8.36. The maximum atomic E-state index is 3.63. The van der Waals surface area contributed by atoms with Crippen molar-refractivity contribution in [3.63, 3.8) is 0 Å². The van der Waals surface area contributed by atoms with Crippen molar-refractivity contribution < 1.29 is 0 Å². The van der Waals surface area contributed by atoms with E-state index in [0.717, 1.165) is 24.7 Å². The van der Waals surface area contributed by atoms with E-state index in [2.05, 4.69) is 22.0 Å². The van der Waals surface area contributed by atoms with Crippen molar-refractivity contribution in [1.82, 2.24) is 15.1 Å². The summed E-state index contributed by atoms with van der Waals surface area (Å²) >= 11 is 0. The maximum Gasteiger partial charge on any atom is 0.0236 e. The summed E-state index contributed by atoms with van der Waals surface area (Å²) in [6.07, 6.45) is 7.11. The molecule has 0 aromatic rings. The summed E-state index contributed by atoms with van der Waals surface area (Å²) in [6, 6.07) is 2.58. The number of piperidine rings is 1. The van der Waals surface area contributed by atoms with Crippen LogP contribution in [0.25, 0.3) is 0 Å². The van der Waals surface area contributed by atoms with Crippen molar-refractivity contribution in [3.8, 4) is 0 Å². The lowest BCUT2D eigenvalue weighted by Crippen LogP contribution is -2.50. The van der Waals surface area contributed by atoms with Crippen LogP contribution in [0.5, 0.6) is 0 Å². The Labute approximate surface area is 106 Å². The smallest absolute Gasteiger partial charge is 0.0236 e. The summed E-state index contributed by atoms with van der Waals surface area (Å²) in [5, 5.41) is 3.63. The number of rotatable bonds is 4. The van der Waals surface area contributed by atoms with Gasteiger partial charge in [0.05, 0.1) is 0 Å². The third-order valence-electron chi connectivity index (χ3n) is 4.72. The van der Waals surface area contributed by atoms with E-state index in [0.29, 0.717) is 0 Å². The molecular formula is C14H27N3. The first kappa shape index (κ1) is 11.9. The Hall–Kier alpha value is -0.120. The van der Waals surface area contributed by atoms with Crippen LogP contribution in [0.4, 0.5) is 0 Å². The van der Waals surface area contributed by atoms with Crippen molar-refractivity contribution in [2.24, 2.45) is 0 Å². The fourth-order valence-electron chi connectivity index (χ4n) is 3.63. The highest BCUT2D eigenvalue weighted by Crippen LogP contribution is 2.31. The number of nitrogens with one attached hydrogen (secondary N) is 1. The van der Waals surface area contributed by atoms with E-state index in [4.69, 9.17) is 0 Å². The van der Waals surface area contributed by atoms with E-state index in [1.54, 1.807) is 0 Å². The molecule has 1 aliphatic carbocycles. The Morgan fingerprint density at radius 2 is 1.76 bits per heavy atom. The standard InChI is InChI=1S/C14H27N3/c1-2-15-12-4-3-8-16(10-12)14-7-9-17(11-14)13-5-6-13/h12-15H,2-11H2,1H3. The molecule has 1 N–H and O–H groups in total. The number of likely N-dealkylation sites (N-methyl/N-ethyl adjacent to an activating group) is 1. The monoisotopic (exact) mass is 237 g/mol. The zero-order chi connectivity index (χ0) is 11.7. The predicted octanol–water partition coefficient (Wildman–Crippen LogP) is 1.30. The normalized spacial score (nSPS) is 36.5. The summed E-state index contributed by atoms with van der Waals surface area (Å²) in [7, 11) is 0. The number of hydrogen-bond acceptors (Lipinski definition) is 3. The number of nitrogens with zero attached hydrogens (tertiary/aromatic N) is 2. The van der Waals surface area contributed by atoms with Gasteiger partial charge in [0.2, 0.25) is 0 Å². The summed E-state index contributed by atoms with van der Waals surface area (Å²) in [6.45, 7) is 8.68. The second-order valence-corrected chi connectivity index (χ2v) is 6.06. The Morgan fingerprint density at radius 1 is 0.941 bits per heavy atom. The number of likely N-dealkylation sites (tertiary alicyclic amines) is 2. The Kier molecular flexibility index (Phi) is 3.69. The van der Waals surface area contributed by atoms with E-state index < -0.39 is 0 Å². The molecule has 0 radical (unpaired) electrons. The molecule has 98 valence electrons. The molecule has 0 spiro atoms. The lowest BCUT2D eigenvalue weighted by Gasteiger charge is -2.37. The third kappa shape index (κ3) is 2.83. The Balaban J connectivity index is 1.50. The van der Waals surface area contributed by atoms with Gasteiger partial charge in [-0.1, -0.05) is 6.92 Å². The van der Waals surface area contributed by atoms with E-state index >= 15 is 0 Å². The summed E-state index contributed by atoms with van der Waals surface area (Å²) in [4.78, 5) is 5.50. The van der Waals surface area contributed by atoms with Gasteiger partial charge in [0, 0.05) is 37.8 Å². The van der Waals surface area contributed by atoms with E-state index in [9.17, 15) is 0 Å². The van der Waals surface area contributed by atoms with Crippen LogP contribution in [-0.2, 0) is 0 Å². The summed E-state index contributed by atoms with van der Waals surface area (Å²) in [5.41, 5.74) is 0. The molecule has 2 heterocycles. The average molecular weight is 237 g/mol. The molecule has 2 saturated heterocycles. The van der Waals surface area contributed by atoms with Gasteiger partial charge in [0.25, 0.3) is 0 Å². The van der Waals surface area contributed by atoms with Crippen LogP contribution in [-0.4, -0.2) is 60.6 Å². The fourth-order valence-corrected chi connectivity index (χ4v) is 3.63. The van der Waals surface area contributed by atoms with E-state index in [1.807, 2.05) is 0 Å². The molecule has 3 fully saturated rings. The summed E-state index contributed by atoms with van der Waals surface area (Å²) < 4.78 is 0. The maximum absolute atomic E-state index is 3.63. The molecule has 3 heteroatoms. The van der Waals surface area contributed by atoms with E-state index in [1.165, 1.54) is 58.3 Å². The molecule has 1 saturated carbocycles. The second kappa shape index (κ2) is 5.25. The highest BCUT2D eigenvalue weighted by atomic mass is 15.3. The predicted molar refractivity (Wildman–Crippen MR) is 71.3 cm³/mol. The van der Waals surface area contributed by atoms with Crippen LogP contribution in [0.3, 0.4) is 0 Å². The van der Waals surface area contributed by atoms with Gasteiger partial charge in [-0.25, -0.2) is 0 Å². The molecule has 2 unspecified atom stereocenters. The van der Waals surface area contributed by atoms with Crippen LogP contribution in [0, 0.1) is 0 Å². The molecule has 3 nitrogen and oxygen atoms in total. The first-order valence-electron chi connectivity index (χ1n) is 7.58. The third-order valence-corrected chi connectivity index (χ3v) is 4.72. The molecule has 0 aromatic heterocycles. The highest BCUT2D eigenvalue weighted by molar-refractivity contribution is 4.94. The summed E-state index contributed by atoms with van der Waals surface area (Å²) in [5.74, 6) is 0. The molecule has 0 bridgehead atoms. The van der Waals surface area contributed by atoms with Crippen LogP contribution in [0.2, 0.25) is 0 Å². The van der Waals surface area contributed by atoms with Crippen molar-refractivity contribution in [1.29, 1.82) is 0 Å².